The van der Waals surface area contributed by atoms with Crippen molar-refractivity contribution in [3.8, 4) is 17.3 Å². The van der Waals surface area contributed by atoms with Gasteiger partial charge in [-0.15, -0.1) is 0 Å². The van der Waals surface area contributed by atoms with E-state index in [0.29, 0.717) is 16.1 Å². The molecular weight excluding hydrogens is 381 g/mol. The van der Waals surface area contributed by atoms with E-state index in [1.807, 2.05) is 0 Å². The van der Waals surface area contributed by atoms with Crippen molar-refractivity contribution in [3.05, 3.63) is 71.6 Å². The number of nitrogens with zero attached hydrogens (tertiary/aromatic N) is 4. The fourth-order valence-corrected chi connectivity index (χ4v) is 2.65. The highest BCUT2D eigenvalue weighted by atomic mass is 35.5. The molecule has 0 unspecified atom stereocenters. The highest BCUT2D eigenvalue weighted by molar-refractivity contribution is 6.30. The number of benzene rings is 2. The largest absolute Gasteiger partial charge is 0.438 e. The van der Waals surface area contributed by atoms with Crippen molar-refractivity contribution in [2.24, 2.45) is 0 Å². The lowest BCUT2D eigenvalue weighted by atomic mass is 10.2. The maximum atomic E-state index is 12.9. The van der Waals surface area contributed by atoms with Crippen molar-refractivity contribution in [3.63, 3.8) is 0 Å². The van der Waals surface area contributed by atoms with Crippen LogP contribution in [0.25, 0.3) is 16.7 Å². The first-order valence-corrected chi connectivity index (χ1v) is 8.09. The Kier molecular flexibility index (Phi) is 4.19. The zero-order valence-electron chi connectivity index (χ0n) is 13.5. The monoisotopic (exact) mass is 390 g/mol. The van der Waals surface area contributed by atoms with E-state index in [4.69, 9.17) is 16.3 Å². The minimum atomic E-state index is -4.46. The number of hydrogen-bond acceptors (Lipinski definition) is 4. The van der Waals surface area contributed by atoms with Crippen molar-refractivity contribution in [2.45, 2.75) is 6.18 Å². The number of aromatic nitrogens is 4. The summed E-state index contributed by atoms with van der Waals surface area (Å²) in [5, 5.41) is 5.31. The molecule has 136 valence electrons. The SMILES string of the molecule is FC(F)(F)c1cccc(Oc2ncnc3c2cnn3-c2ccc(Cl)cc2)c1. The van der Waals surface area contributed by atoms with Gasteiger partial charge in [0.1, 0.15) is 17.5 Å². The highest BCUT2D eigenvalue weighted by Crippen LogP contribution is 2.33. The lowest BCUT2D eigenvalue weighted by molar-refractivity contribution is -0.137. The number of fused-ring (bicyclic) bond motifs is 1. The van der Waals surface area contributed by atoms with Crippen LogP contribution < -0.4 is 4.74 Å². The van der Waals surface area contributed by atoms with Crippen molar-refractivity contribution in [2.75, 3.05) is 0 Å². The van der Waals surface area contributed by atoms with Gasteiger partial charge in [0.05, 0.1) is 17.4 Å². The summed E-state index contributed by atoms with van der Waals surface area (Å²) in [6.07, 6.45) is -1.70. The second-order valence-electron chi connectivity index (χ2n) is 5.58. The van der Waals surface area contributed by atoms with Crippen LogP contribution in [-0.4, -0.2) is 19.7 Å². The molecule has 0 aliphatic heterocycles. The van der Waals surface area contributed by atoms with E-state index in [1.54, 1.807) is 28.9 Å². The Morgan fingerprint density at radius 3 is 2.52 bits per heavy atom. The molecule has 0 spiro atoms. The van der Waals surface area contributed by atoms with Crippen LogP contribution in [0.2, 0.25) is 5.02 Å². The second kappa shape index (κ2) is 6.55. The first-order valence-electron chi connectivity index (χ1n) is 7.71. The summed E-state index contributed by atoms with van der Waals surface area (Å²) in [7, 11) is 0. The molecule has 5 nitrogen and oxygen atoms in total. The average Bonchev–Trinajstić information content (AvgIpc) is 3.07. The molecule has 2 aromatic heterocycles. The van der Waals surface area contributed by atoms with Crippen LogP contribution in [0.5, 0.6) is 11.6 Å². The van der Waals surface area contributed by atoms with Gasteiger partial charge in [-0.05, 0) is 42.5 Å². The molecule has 0 amide bonds. The molecule has 0 fully saturated rings. The van der Waals surface area contributed by atoms with Crippen LogP contribution >= 0.6 is 11.6 Å². The van der Waals surface area contributed by atoms with Crippen LogP contribution in [0.1, 0.15) is 5.56 Å². The summed E-state index contributed by atoms with van der Waals surface area (Å²) in [6, 6.07) is 11.5. The highest BCUT2D eigenvalue weighted by Gasteiger charge is 2.30. The van der Waals surface area contributed by atoms with Crippen LogP contribution in [0.3, 0.4) is 0 Å². The molecule has 2 heterocycles. The molecule has 0 atom stereocenters. The average molecular weight is 391 g/mol. The number of halogens is 4. The van der Waals surface area contributed by atoms with E-state index < -0.39 is 11.7 Å². The molecule has 9 heteroatoms. The third-order valence-electron chi connectivity index (χ3n) is 3.78. The van der Waals surface area contributed by atoms with Gasteiger partial charge in [0.2, 0.25) is 5.88 Å². The standard InChI is InChI=1S/C18H10ClF3N4O/c19-12-4-6-13(7-5-12)26-16-15(9-25-26)17(24-10-23-16)27-14-3-1-2-11(8-14)18(20,21)22/h1-10H. The summed E-state index contributed by atoms with van der Waals surface area (Å²) in [5.74, 6) is 0.128. The Labute approximate surface area is 156 Å². The lowest BCUT2D eigenvalue weighted by Gasteiger charge is -2.10. The Hall–Kier alpha value is -3.13. The summed E-state index contributed by atoms with van der Waals surface area (Å²) < 4.78 is 45.8. The normalized spacial score (nSPS) is 11.7. The third-order valence-corrected chi connectivity index (χ3v) is 4.03. The maximum Gasteiger partial charge on any atom is 0.416 e. The van der Waals surface area contributed by atoms with E-state index in [2.05, 4.69) is 15.1 Å². The Morgan fingerprint density at radius 1 is 1.00 bits per heavy atom. The smallest absolute Gasteiger partial charge is 0.416 e. The minimum absolute atomic E-state index is 0.0177. The van der Waals surface area contributed by atoms with Gasteiger partial charge in [-0.1, -0.05) is 17.7 Å². The molecule has 0 N–H and O–H groups in total. The first kappa shape index (κ1) is 17.3. The lowest BCUT2D eigenvalue weighted by Crippen LogP contribution is -2.04. The molecule has 2 aromatic carbocycles. The Morgan fingerprint density at radius 2 is 1.78 bits per heavy atom. The van der Waals surface area contributed by atoms with Crippen molar-refractivity contribution < 1.29 is 17.9 Å². The van der Waals surface area contributed by atoms with E-state index >= 15 is 0 Å². The van der Waals surface area contributed by atoms with E-state index in [-0.39, 0.29) is 11.6 Å². The second-order valence-corrected chi connectivity index (χ2v) is 6.01. The number of rotatable bonds is 3. The summed E-state index contributed by atoms with van der Waals surface area (Å²) in [4.78, 5) is 8.22. The van der Waals surface area contributed by atoms with Crippen molar-refractivity contribution in [1.82, 2.24) is 19.7 Å². The van der Waals surface area contributed by atoms with Crippen molar-refractivity contribution in [1.29, 1.82) is 0 Å². The third kappa shape index (κ3) is 3.43. The van der Waals surface area contributed by atoms with Crippen LogP contribution in [-0.2, 0) is 6.18 Å². The fourth-order valence-electron chi connectivity index (χ4n) is 2.52. The maximum absolute atomic E-state index is 12.9. The van der Waals surface area contributed by atoms with Gasteiger partial charge in [0, 0.05) is 5.02 Å². The predicted octanol–water partition coefficient (Wildman–Crippen LogP) is 5.28. The quantitative estimate of drug-likeness (QED) is 0.477. The number of hydrogen-bond donors (Lipinski definition) is 0. The zero-order valence-corrected chi connectivity index (χ0v) is 14.2. The molecule has 0 saturated heterocycles. The van der Waals surface area contributed by atoms with E-state index in [1.165, 1.54) is 24.7 Å². The van der Waals surface area contributed by atoms with Gasteiger partial charge < -0.3 is 4.74 Å². The molecule has 0 radical (unpaired) electrons. The molecular formula is C18H10ClF3N4O. The Balaban J connectivity index is 1.73. The molecule has 0 aliphatic rings. The van der Waals surface area contributed by atoms with Gasteiger partial charge in [-0.3, -0.25) is 0 Å². The van der Waals surface area contributed by atoms with Gasteiger partial charge in [-0.25, -0.2) is 14.6 Å². The molecule has 4 rings (SSSR count). The van der Waals surface area contributed by atoms with Gasteiger partial charge in [0.15, 0.2) is 5.65 Å². The van der Waals surface area contributed by atoms with E-state index in [0.717, 1.165) is 17.8 Å². The molecule has 0 aliphatic carbocycles. The summed E-state index contributed by atoms with van der Waals surface area (Å²) in [6.45, 7) is 0. The molecule has 0 bridgehead atoms. The first-order chi connectivity index (χ1) is 12.9. The van der Waals surface area contributed by atoms with Crippen LogP contribution in [0.15, 0.2) is 61.1 Å². The summed E-state index contributed by atoms with van der Waals surface area (Å²) >= 11 is 5.90. The molecule has 27 heavy (non-hydrogen) atoms. The number of ether oxygens (including phenoxy) is 1. The van der Waals surface area contributed by atoms with Gasteiger partial charge >= 0.3 is 6.18 Å². The van der Waals surface area contributed by atoms with Gasteiger partial charge in [-0.2, -0.15) is 18.3 Å². The topological polar surface area (TPSA) is 52.8 Å². The molecule has 0 saturated carbocycles. The van der Waals surface area contributed by atoms with Crippen LogP contribution in [0.4, 0.5) is 13.2 Å². The summed E-state index contributed by atoms with van der Waals surface area (Å²) in [5.41, 5.74) is 0.370. The molecule has 4 aromatic rings. The van der Waals surface area contributed by atoms with Gasteiger partial charge in [0.25, 0.3) is 0 Å². The van der Waals surface area contributed by atoms with Crippen LogP contribution in [0, 0.1) is 0 Å². The predicted molar refractivity (Wildman–Crippen MR) is 93.2 cm³/mol. The zero-order chi connectivity index (χ0) is 19.0. The fraction of sp³-hybridized carbons (Fsp3) is 0.0556. The minimum Gasteiger partial charge on any atom is -0.438 e. The van der Waals surface area contributed by atoms with E-state index in [9.17, 15) is 13.2 Å². The van der Waals surface area contributed by atoms with Crippen molar-refractivity contribution >= 4 is 22.6 Å². The number of alkyl halides is 3. The Bertz CT molecular complexity index is 1110.